The van der Waals surface area contributed by atoms with E-state index in [0.29, 0.717) is 0 Å². The van der Waals surface area contributed by atoms with E-state index < -0.39 is 0 Å². The highest BCUT2D eigenvalue weighted by Gasteiger charge is 2.15. The number of nitrogens with zero attached hydrogens (tertiary/aromatic N) is 4. The summed E-state index contributed by atoms with van der Waals surface area (Å²) in [7, 11) is 1.78. The highest BCUT2D eigenvalue weighted by molar-refractivity contribution is 6.31. The predicted molar refractivity (Wildman–Crippen MR) is 79.7 cm³/mol. The van der Waals surface area contributed by atoms with Crippen molar-refractivity contribution in [3.05, 3.63) is 40.2 Å². The van der Waals surface area contributed by atoms with Crippen molar-refractivity contribution in [2.75, 3.05) is 6.54 Å². The molecule has 1 aromatic heterocycles. The molecule has 20 heavy (non-hydrogen) atoms. The molecule has 6 heteroatoms. The molecule has 5 nitrogen and oxygen atoms in total. The molecule has 0 saturated heterocycles. The fraction of sp³-hybridized carbons (Fsp3) is 0.500. The van der Waals surface area contributed by atoms with E-state index in [1.54, 1.807) is 7.05 Å². The second-order valence-electron chi connectivity index (χ2n) is 4.91. The summed E-state index contributed by atoms with van der Waals surface area (Å²) in [6.07, 6.45) is 1.80. The summed E-state index contributed by atoms with van der Waals surface area (Å²) in [5.74, 6) is 0.744. The standard InChI is InChI=1S/C14H20ClN5/c1-4-7-16-13(9-14-17-19-20(3)18-14)11-5-6-12(15)10(2)8-11/h5-6,8,13,16H,4,7,9H2,1-3H3. The molecule has 0 amide bonds. The zero-order chi connectivity index (χ0) is 14.5. The van der Waals surface area contributed by atoms with Gasteiger partial charge >= 0.3 is 0 Å². The number of aromatic nitrogens is 4. The van der Waals surface area contributed by atoms with Crippen LogP contribution < -0.4 is 5.32 Å². The van der Waals surface area contributed by atoms with Crippen LogP contribution in [0.15, 0.2) is 18.2 Å². The maximum absolute atomic E-state index is 6.09. The Kier molecular flexibility index (Phi) is 5.09. The lowest BCUT2D eigenvalue weighted by Gasteiger charge is -2.18. The molecule has 1 heterocycles. The van der Waals surface area contributed by atoms with Crippen LogP contribution in [0.1, 0.15) is 36.3 Å². The molecule has 2 rings (SSSR count). The van der Waals surface area contributed by atoms with E-state index in [2.05, 4.69) is 39.8 Å². The van der Waals surface area contributed by atoms with E-state index in [-0.39, 0.29) is 6.04 Å². The summed E-state index contributed by atoms with van der Waals surface area (Å²) in [4.78, 5) is 1.49. The highest BCUT2D eigenvalue weighted by atomic mass is 35.5. The van der Waals surface area contributed by atoms with Crippen molar-refractivity contribution in [2.24, 2.45) is 7.05 Å². The van der Waals surface area contributed by atoms with E-state index in [4.69, 9.17) is 11.6 Å². The van der Waals surface area contributed by atoms with E-state index in [1.807, 2.05) is 13.0 Å². The Labute approximate surface area is 124 Å². The maximum atomic E-state index is 6.09. The third kappa shape index (κ3) is 3.77. The van der Waals surface area contributed by atoms with Crippen LogP contribution in [0.5, 0.6) is 0 Å². The molecule has 1 atom stereocenters. The number of benzene rings is 1. The largest absolute Gasteiger partial charge is 0.310 e. The van der Waals surface area contributed by atoms with Gasteiger partial charge in [0.15, 0.2) is 5.82 Å². The van der Waals surface area contributed by atoms with Gasteiger partial charge in [-0.1, -0.05) is 30.7 Å². The van der Waals surface area contributed by atoms with Crippen molar-refractivity contribution >= 4 is 11.6 Å². The summed E-state index contributed by atoms with van der Waals surface area (Å²) in [5.41, 5.74) is 2.28. The second-order valence-corrected chi connectivity index (χ2v) is 5.32. The Morgan fingerprint density at radius 2 is 2.20 bits per heavy atom. The van der Waals surface area contributed by atoms with Crippen LogP contribution >= 0.6 is 11.6 Å². The molecular weight excluding hydrogens is 274 g/mol. The van der Waals surface area contributed by atoms with Gasteiger partial charge in [0.1, 0.15) is 0 Å². The van der Waals surface area contributed by atoms with Crippen LogP contribution in [0, 0.1) is 6.92 Å². The normalized spacial score (nSPS) is 12.6. The number of tetrazole rings is 1. The molecule has 0 fully saturated rings. The quantitative estimate of drug-likeness (QED) is 0.889. The summed E-state index contributed by atoms with van der Waals surface area (Å²) >= 11 is 6.09. The van der Waals surface area contributed by atoms with Crippen LogP contribution in [0.2, 0.25) is 5.02 Å². The zero-order valence-electron chi connectivity index (χ0n) is 12.1. The summed E-state index contributed by atoms with van der Waals surface area (Å²) < 4.78 is 0. The van der Waals surface area contributed by atoms with Gasteiger partial charge in [0.05, 0.1) is 7.05 Å². The number of rotatable bonds is 6. The maximum Gasteiger partial charge on any atom is 0.176 e. The minimum absolute atomic E-state index is 0.176. The van der Waals surface area contributed by atoms with E-state index in [1.165, 1.54) is 10.4 Å². The van der Waals surface area contributed by atoms with Gasteiger partial charge in [0.2, 0.25) is 0 Å². The molecule has 1 N–H and O–H groups in total. The third-order valence-corrected chi connectivity index (χ3v) is 3.59. The van der Waals surface area contributed by atoms with Gasteiger partial charge in [-0.15, -0.1) is 10.2 Å². The number of hydrogen-bond acceptors (Lipinski definition) is 4. The molecule has 0 saturated carbocycles. The molecule has 108 valence electrons. The Balaban J connectivity index is 2.19. The van der Waals surface area contributed by atoms with Crippen molar-refractivity contribution in [1.82, 2.24) is 25.5 Å². The average Bonchev–Trinajstić information content (AvgIpc) is 2.83. The Bertz CT molecular complexity index is 566. The second kappa shape index (κ2) is 6.81. The smallest absolute Gasteiger partial charge is 0.176 e. The van der Waals surface area contributed by atoms with Gasteiger partial charge < -0.3 is 5.32 Å². The molecule has 0 aliphatic heterocycles. The Morgan fingerprint density at radius 1 is 1.40 bits per heavy atom. The van der Waals surface area contributed by atoms with Crippen LogP contribution in [-0.2, 0) is 13.5 Å². The monoisotopic (exact) mass is 293 g/mol. The number of nitrogens with one attached hydrogen (secondary N) is 1. The summed E-state index contributed by atoms with van der Waals surface area (Å²) in [6, 6.07) is 6.29. The third-order valence-electron chi connectivity index (χ3n) is 3.16. The van der Waals surface area contributed by atoms with Crippen molar-refractivity contribution < 1.29 is 0 Å². The molecule has 0 aliphatic carbocycles. The molecular formula is C14H20ClN5. The van der Waals surface area contributed by atoms with Gasteiger partial charge in [-0.2, -0.15) is 4.80 Å². The van der Waals surface area contributed by atoms with Crippen molar-refractivity contribution in [3.8, 4) is 0 Å². The first-order valence-electron chi connectivity index (χ1n) is 6.82. The van der Waals surface area contributed by atoms with Gasteiger partial charge in [-0.3, -0.25) is 0 Å². The fourth-order valence-corrected chi connectivity index (χ4v) is 2.22. The molecule has 1 aromatic carbocycles. The first-order valence-corrected chi connectivity index (χ1v) is 7.20. The fourth-order valence-electron chi connectivity index (χ4n) is 2.10. The molecule has 0 spiro atoms. The van der Waals surface area contributed by atoms with E-state index >= 15 is 0 Å². The lowest BCUT2D eigenvalue weighted by Crippen LogP contribution is -2.24. The minimum atomic E-state index is 0.176. The van der Waals surface area contributed by atoms with Crippen LogP contribution in [0.3, 0.4) is 0 Å². The van der Waals surface area contributed by atoms with Crippen molar-refractivity contribution in [1.29, 1.82) is 0 Å². The number of hydrogen-bond donors (Lipinski definition) is 1. The topological polar surface area (TPSA) is 55.6 Å². The molecule has 0 radical (unpaired) electrons. The molecule has 2 aromatic rings. The van der Waals surface area contributed by atoms with Gasteiger partial charge in [0.25, 0.3) is 0 Å². The summed E-state index contributed by atoms with van der Waals surface area (Å²) in [6.45, 7) is 5.12. The Hall–Kier alpha value is -1.46. The predicted octanol–water partition coefficient (Wildman–Crippen LogP) is 2.46. The average molecular weight is 294 g/mol. The van der Waals surface area contributed by atoms with Crippen LogP contribution in [0.25, 0.3) is 0 Å². The van der Waals surface area contributed by atoms with Crippen LogP contribution in [0.4, 0.5) is 0 Å². The van der Waals surface area contributed by atoms with Crippen LogP contribution in [-0.4, -0.2) is 26.8 Å². The summed E-state index contributed by atoms with van der Waals surface area (Å²) in [5, 5.41) is 16.5. The lowest BCUT2D eigenvalue weighted by atomic mass is 10.0. The van der Waals surface area contributed by atoms with Gasteiger partial charge in [-0.25, -0.2) is 0 Å². The zero-order valence-corrected chi connectivity index (χ0v) is 12.9. The first kappa shape index (κ1) is 14.9. The minimum Gasteiger partial charge on any atom is -0.310 e. The van der Waals surface area contributed by atoms with Gasteiger partial charge in [0, 0.05) is 17.5 Å². The highest BCUT2D eigenvalue weighted by Crippen LogP contribution is 2.22. The van der Waals surface area contributed by atoms with Gasteiger partial charge in [-0.05, 0) is 42.3 Å². The van der Waals surface area contributed by atoms with Crippen molar-refractivity contribution in [3.63, 3.8) is 0 Å². The molecule has 0 aliphatic rings. The lowest BCUT2D eigenvalue weighted by molar-refractivity contribution is 0.516. The molecule has 1 unspecified atom stereocenters. The number of halogens is 1. The van der Waals surface area contributed by atoms with E-state index in [0.717, 1.165) is 35.8 Å². The molecule has 0 bridgehead atoms. The van der Waals surface area contributed by atoms with E-state index in [9.17, 15) is 0 Å². The number of aryl methyl sites for hydroxylation is 2. The van der Waals surface area contributed by atoms with Crippen molar-refractivity contribution in [2.45, 2.75) is 32.7 Å². The Morgan fingerprint density at radius 3 is 2.80 bits per heavy atom. The first-order chi connectivity index (χ1) is 9.60. The SMILES string of the molecule is CCCNC(Cc1nnn(C)n1)c1ccc(Cl)c(C)c1.